The lowest BCUT2D eigenvalue weighted by Gasteiger charge is -2.29. The van der Waals surface area contributed by atoms with E-state index in [1.54, 1.807) is 4.90 Å². The third-order valence-electron chi connectivity index (χ3n) is 4.56. The number of nitrogens with zero attached hydrogens (tertiary/aromatic N) is 5. The number of hydrogen-bond acceptors (Lipinski definition) is 6. The Morgan fingerprint density at radius 3 is 2.64 bits per heavy atom. The molecule has 1 aromatic heterocycles. The third-order valence-corrected chi connectivity index (χ3v) is 4.56. The highest BCUT2D eigenvalue weighted by molar-refractivity contribution is 6.39. The van der Waals surface area contributed by atoms with E-state index in [9.17, 15) is 9.59 Å². The first-order valence-corrected chi connectivity index (χ1v) is 8.92. The summed E-state index contributed by atoms with van der Waals surface area (Å²) in [6, 6.07) is -0.243. The fourth-order valence-corrected chi connectivity index (χ4v) is 3.19. The Morgan fingerprint density at radius 2 is 2.00 bits per heavy atom. The van der Waals surface area contributed by atoms with Crippen LogP contribution in [-0.2, 0) is 9.59 Å². The maximum Gasteiger partial charge on any atom is 0.270 e. The van der Waals surface area contributed by atoms with Crippen LogP contribution >= 0.6 is 0 Å². The minimum atomic E-state index is -0.184. The van der Waals surface area contributed by atoms with E-state index < -0.39 is 0 Å². The van der Waals surface area contributed by atoms with Crippen molar-refractivity contribution in [2.45, 2.75) is 71.4 Å². The molecule has 0 unspecified atom stereocenters. The molecule has 0 spiro atoms. The molecule has 8 heteroatoms. The molecule has 2 aliphatic heterocycles. The summed E-state index contributed by atoms with van der Waals surface area (Å²) in [6.07, 6.45) is 2.40. The zero-order chi connectivity index (χ0) is 18.1. The SMILES string of the molecule is CC(C)c1nc([C@@H]2CCCN2C(=O)C2=NN(C(C)C)C(=O)CC2)no1. The number of hydrazone groups is 1. The van der Waals surface area contributed by atoms with Crippen molar-refractivity contribution in [3.05, 3.63) is 11.7 Å². The molecule has 25 heavy (non-hydrogen) atoms. The van der Waals surface area contributed by atoms with E-state index in [4.69, 9.17) is 4.52 Å². The first-order valence-electron chi connectivity index (χ1n) is 8.92. The Bertz CT molecular complexity index is 694. The minimum absolute atomic E-state index is 0.0377. The number of amides is 2. The summed E-state index contributed by atoms with van der Waals surface area (Å²) in [5.41, 5.74) is 0.438. The quantitative estimate of drug-likeness (QED) is 0.833. The molecule has 8 nitrogen and oxygen atoms in total. The average Bonchev–Trinajstić information content (AvgIpc) is 3.23. The Morgan fingerprint density at radius 1 is 1.24 bits per heavy atom. The van der Waals surface area contributed by atoms with E-state index in [1.807, 2.05) is 27.7 Å². The standard InChI is InChI=1S/C17H25N5O3/c1-10(2)16-18-15(20-25-16)13-6-5-9-21(13)17(24)12-7-8-14(23)22(19-12)11(3)4/h10-11,13H,5-9H2,1-4H3/t13-/m0/s1. The van der Waals surface area contributed by atoms with Gasteiger partial charge >= 0.3 is 0 Å². The summed E-state index contributed by atoms with van der Waals surface area (Å²) in [7, 11) is 0. The fourth-order valence-electron chi connectivity index (χ4n) is 3.19. The molecule has 1 saturated heterocycles. The van der Waals surface area contributed by atoms with Crippen molar-refractivity contribution in [3.63, 3.8) is 0 Å². The zero-order valence-electron chi connectivity index (χ0n) is 15.2. The van der Waals surface area contributed by atoms with Crippen molar-refractivity contribution in [1.82, 2.24) is 20.0 Å². The van der Waals surface area contributed by atoms with Gasteiger partial charge in [0.05, 0.1) is 6.04 Å². The molecule has 0 radical (unpaired) electrons. The zero-order valence-corrected chi connectivity index (χ0v) is 15.2. The molecule has 1 aromatic rings. The highest BCUT2D eigenvalue weighted by Gasteiger charge is 2.37. The topological polar surface area (TPSA) is 91.9 Å². The van der Waals surface area contributed by atoms with Gasteiger partial charge in [-0.05, 0) is 26.7 Å². The highest BCUT2D eigenvalue weighted by atomic mass is 16.5. The second-order valence-corrected chi connectivity index (χ2v) is 7.18. The van der Waals surface area contributed by atoms with Crippen molar-refractivity contribution in [1.29, 1.82) is 0 Å². The molecular weight excluding hydrogens is 322 g/mol. The Hall–Kier alpha value is -2.25. The van der Waals surface area contributed by atoms with Gasteiger partial charge < -0.3 is 9.42 Å². The number of carbonyl (C=O) groups is 2. The summed E-state index contributed by atoms with van der Waals surface area (Å²) in [4.78, 5) is 31.1. The average molecular weight is 347 g/mol. The van der Waals surface area contributed by atoms with Crippen LogP contribution in [0, 0.1) is 0 Å². The molecule has 2 aliphatic rings. The van der Waals surface area contributed by atoms with Crippen LogP contribution in [0.1, 0.15) is 77.1 Å². The summed E-state index contributed by atoms with van der Waals surface area (Å²) in [5, 5.41) is 9.79. The van der Waals surface area contributed by atoms with Crippen molar-refractivity contribution < 1.29 is 14.1 Å². The predicted octanol–water partition coefficient (Wildman–Crippen LogP) is 2.24. The van der Waals surface area contributed by atoms with Gasteiger partial charge in [-0.1, -0.05) is 19.0 Å². The number of aromatic nitrogens is 2. The molecule has 0 N–H and O–H groups in total. The van der Waals surface area contributed by atoms with Gasteiger partial charge in [-0.2, -0.15) is 10.1 Å². The van der Waals surface area contributed by atoms with Gasteiger partial charge in [0.25, 0.3) is 5.91 Å². The van der Waals surface area contributed by atoms with Gasteiger partial charge in [-0.25, -0.2) is 5.01 Å². The molecule has 1 fully saturated rings. The Balaban J connectivity index is 1.81. The van der Waals surface area contributed by atoms with Gasteiger partial charge in [-0.3, -0.25) is 9.59 Å². The molecule has 2 amide bonds. The molecule has 3 rings (SSSR count). The first kappa shape index (κ1) is 17.6. The molecule has 3 heterocycles. The second kappa shape index (κ2) is 6.93. The van der Waals surface area contributed by atoms with Crippen LogP contribution in [0.15, 0.2) is 9.62 Å². The number of carbonyl (C=O) groups excluding carboxylic acids is 2. The molecule has 0 aliphatic carbocycles. The van der Waals surface area contributed by atoms with Gasteiger partial charge in [-0.15, -0.1) is 0 Å². The van der Waals surface area contributed by atoms with E-state index in [2.05, 4.69) is 15.2 Å². The smallest absolute Gasteiger partial charge is 0.270 e. The number of likely N-dealkylation sites (tertiary alicyclic amines) is 1. The predicted molar refractivity (Wildman–Crippen MR) is 90.7 cm³/mol. The Kier molecular flexibility index (Phi) is 4.87. The second-order valence-electron chi connectivity index (χ2n) is 7.18. The molecule has 1 atom stereocenters. The van der Waals surface area contributed by atoms with E-state index in [-0.39, 0.29) is 29.8 Å². The van der Waals surface area contributed by atoms with Crippen LogP contribution in [0.3, 0.4) is 0 Å². The van der Waals surface area contributed by atoms with Crippen molar-refractivity contribution in [3.8, 4) is 0 Å². The van der Waals surface area contributed by atoms with Crippen LogP contribution in [0.4, 0.5) is 0 Å². The lowest BCUT2D eigenvalue weighted by Crippen LogP contribution is -2.43. The monoisotopic (exact) mass is 347 g/mol. The largest absolute Gasteiger partial charge is 0.339 e. The summed E-state index contributed by atoms with van der Waals surface area (Å²) in [6.45, 7) is 8.40. The van der Waals surface area contributed by atoms with Crippen LogP contribution in [0.2, 0.25) is 0 Å². The summed E-state index contributed by atoms with van der Waals surface area (Å²) in [5.74, 6) is 1.13. The number of rotatable bonds is 4. The van der Waals surface area contributed by atoms with Gasteiger partial charge in [0, 0.05) is 31.3 Å². The highest BCUT2D eigenvalue weighted by Crippen LogP contribution is 2.31. The number of hydrogen-bond donors (Lipinski definition) is 0. The first-order chi connectivity index (χ1) is 11.9. The normalized spacial score (nSPS) is 21.4. The summed E-state index contributed by atoms with van der Waals surface area (Å²) >= 11 is 0. The van der Waals surface area contributed by atoms with Crippen molar-refractivity contribution in [2.24, 2.45) is 5.10 Å². The molecule has 0 bridgehead atoms. The van der Waals surface area contributed by atoms with E-state index in [1.165, 1.54) is 5.01 Å². The molecule has 136 valence electrons. The minimum Gasteiger partial charge on any atom is -0.339 e. The maximum absolute atomic E-state index is 13.0. The maximum atomic E-state index is 13.0. The van der Waals surface area contributed by atoms with E-state index >= 15 is 0 Å². The fraction of sp³-hybridized carbons (Fsp3) is 0.706. The van der Waals surface area contributed by atoms with Crippen LogP contribution < -0.4 is 0 Å². The molecule has 0 aromatic carbocycles. The molecule has 0 saturated carbocycles. The van der Waals surface area contributed by atoms with Crippen molar-refractivity contribution >= 4 is 17.5 Å². The van der Waals surface area contributed by atoms with E-state index in [0.29, 0.717) is 36.8 Å². The lowest BCUT2D eigenvalue weighted by atomic mass is 10.1. The summed E-state index contributed by atoms with van der Waals surface area (Å²) < 4.78 is 5.29. The van der Waals surface area contributed by atoms with Gasteiger partial charge in [0.15, 0.2) is 5.82 Å². The van der Waals surface area contributed by atoms with Crippen LogP contribution in [-0.4, -0.2) is 50.2 Å². The van der Waals surface area contributed by atoms with Gasteiger partial charge in [0.2, 0.25) is 11.8 Å². The van der Waals surface area contributed by atoms with Gasteiger partial charge in [0.1, 0.15) is 5.71 Å². The lowest BCUT2D eigenvalue weighted by molar-refractivity contribution is -0.133. The van der Waals surface area contributed by atoms with Crippen LogP contribution in [0.25, 0.3) is 0 Å². The molecular formula is C17H25N5O3. The van der Waals surface area contributed by atoms with Crippen LogP contribution in [0.5, 0.6) is 0 Å². The third kappa shape index (κ3) is 3.43. The van der Waals surface area contributed by atoms with Crippen molar-refractivity contribution in [2.75, 3.05) is 6.54 Å². The van der Waals surface area contributed by atoms with E-state index in [0.717, 1.165) is 12.8 Å². The Labute approximate surface area is 147 Å².